The molecule has 1 N–H and O–H groups in total. The van der Waals surface area contributed by atoms with Crippen molar-refractivity contribution in [2.24, 2.45) is 0 Å². The van der Waals surface area contributed by atoms with E-state index in [2.05, 4.69) is 4.74 Å². The van der Waals surface area contributed by atoms with Crippen LogP contribution >= 0.6 is 34.2 Å². The molecule has 9 heteroatoms. The average molecular weight is 367 g/mol. The lowest BCUT2D eigenvalue weighted by molar-refractivity contribution is -0.276. The van der Waals surface area contributed by atoms with Crippen LogP contribution in [0.25, 0.3) is 0 Å². The van der Waals surface area contributed by atoms with Gasteiger partial charge in [-0.15, -0.1) is 13.2 Å². The predicted octanol–water partition coefficient (Wildman–Crippen LogP) is 2.26. The van der Waals surface area contributed by atoms with Gasteiger partial charge in [-0.3, -0.25) is 14.6 Å². The van der Waals surface area contributed by atoms with Crippen molar-refractivity contribution in [2.75, 3.05) is 0 Å². The molecule has 1 heterocycles. The first kappa shape index (κ1) is 13.3. The first-order chi connectivity index (χ1) is 7.20. The van der Waals surface area contributed by atoms with E-state index in [1.807, 2.05) is 0 Å². The molecule has 1 aromatic rings. The number of carbonyl (C=O) groups is 1. The summed E-state index contributed by atoms with van der Waals surface area (Å²) in [4.78, 5) is 23.6. The standard InChI is InChI=1S/C7H2ClF3INO3/c8-4(14)2-1-3(12)6(13-5(2)15)16-7(9,10)11/h1H,(H,13,15). The Balaban J connectivity index is 3.21. The largest absolute Gasteiger partial charge is 0.574 e. The van der Waals surface area contributed by atoms with Crippen molar-refractivity contribution in [1.82, 2.24) is 4.98 Å². The van der Waals surface area contributed by atoms with E-state index in [1.165, 1.54) is 22.6 Å². The van der Waals surface area contributed by atoms with Crippen LogP contribution in [0.4, 0.5) is 13.2 Å². The van der Waals surface area contributed by atoms with Gasteiger partial charge in [-0.1, -0.05) is 0 Å². The van der Waals surface area contributed by atoms with Gasteiger partial charge in [-0.05, 0) is 40.3 Å². The van der Waals surface area contributed by atoms with E-state index in [4.69, 9.17) is 11.6 Å². The number of rotatable bonds is 2. The number of H-pyrrole nitrogens is 1. The molecule has 0 amide bonds. The van der Waals surface area contributed by atoms with Gasteiger partial charge in [0.15, 0.2) is 0 Å². The Morgan fingerprint density at radius 1 is 1.50 bits per heavy atom. The molecule has 0 fully saturated rings. The number of aromatic amines is 1. The van der Waals surface area contributed by atoms with Gasteiger partial charge >= 0.3 is 6.36 Å². The van der Waals surface area contributed by atoms with E-state index >= 15 is 0 Å². The Bertz CT molecular complexity index is 485. The topological polar surface area (TPSA) is 59.2 Å². The van der Waals surface area contributed by atoms with Gasteiger partial charge in [-0.2, -0.15) is 0 Å². The molecule has 4 nitrogen and oxygen atoms in total. The number of halogens is 5. The Kier molecular flexibility index (Phi) is 3.84. The second-order valence-corrected chi connectivity index (χ2v) is 4.02. The van der Waals surface area contributed by atoms with E-state index in [1.54, 1.807) is 4.98 Å². The van der Waals surface area contributed by atoms with Crippen LogP contribution in [0, 0.1) is 3.57 Å². The number of ether oxygens (including phenoxy) is 1. The molecule has 0 saturated carbocycles. The maximum Gasteiger partial charge on any atom is 0.574 e. The molecule has 88 valence electrons. The highest BCUT2D eigenvalue weighted by Gasteiger charge is 2.32. The molecule has 0 radical (unpaired) electrons. The minimum atomic E-state index is -4.92. The summed E-state index contributed by atoms with van der Waals surface area (Å²) in [6, 6.07) is 0.913. The SMILES string of the molecule is O=C(Cl)c1cc(I)c(OC(F)(F)F)[nH]c1=O. The summed E-state index contributed by atoms with van der Waals surface area (Å²) >= 11 is 6.51. The van der Waals surface area contributed by atoms with Crippen LogP contribution in [0.5, 0.6) is 5.88 Å². The fraction of sp³-hybridized carbons (Fsp3) is 0.143. The van der Waals surface area contributed by atoms with Crippen molar-refractivity contribution in [3.8, 4) is 5.88 Å². The number of alkyl halides is 3. The number of pyridine rings is 1. The van der Waals surface area contributed by atoms with Crippen molar-refractivity contribution in [1.29, 1.82) is 0 Å². The Hall–Kier alpha value is -0.770. The van der Waals surface area contributed by atoms with Gasteiger partial charge < -0.3 is 4.74 Å². The zero-order valence-electron chi connectivity index (χ0n) is 7.19. The van der Waals surface area contributed by atoms with Crippen molar-refractivity contribution in [3.05, 3.63) is 25.6 Å². The average Bonchev–Trinajstić information content (AvgIpc) is 2.07. The van der Waals surface area contributed by atoms with E-state index < -0.39 is 28.6 Å². The van der Waals surface area contributed by atoms with Crippen molar-refractivity contribution < 1.29 is 22.7 Å². The third-order valence-corrected chi connectivity index (χ3v) is 2.39. The normalized spacial score (nSPS) is 11.3. The van der Waals surface area contributed by atoms with E-state index in [-0.39, 0.29) is 3.57 Å². The van der Waals surface area contributed by atoms with Gasteiger partial charge in [-0.25, -0.2) is 0 Å². The van der Waals surface area contributed by atoms with E-state index in [0.29, 0.717) is 0 Å². The highest BCUT2D eigenvalue weighted by atomic mass is 127. The van der Waals surface area contributed by atoms with Crippen LogP contribution in [0.15, 0.2) is 10.9 Å². The van der Waals surface area contributed by atoms with E-state index in [0.717, 1.165) is 6.07 Å². The molecule has 0 bridgehead atoms. The molecule has 0 spiro atoms. The summed E-state index contributed by atoms with van der Waals surface area (Å²) < 4.78 is 39.1. The number of hydrogen-bond donors (Lipinski definition) is 1. The minimum Gasteiger partial charge on any atom is -0.389 e. The van der Waals surface area contributed by atoms with Crippen LogP contribution in [-0.2, 0) is 0 Å². The van der Waals surface area contributed by atoms with E-state index in [9.17, 15) is 22.8 Å². The van der Waals surface area contributed by atoms with Crippen LogP contribution in [0.1, 0.15) is 10.4 Å². The predicted molar refractivity (Wildman–Crippen MR) is 56.6 cm³/mol. The van der Waals surface area contributed by atoms with Crippen LogP contribution in [-0.4, -0.2) is 16.6 Å². The molecular weight excluding hydrogens is 365 g/mol. The summed E-state index contributed by atoms with van der Waals surface area (Å²) in [6.45, 7) is 0. The maximum atomic E-state index is 11.9. The molecule has 0 aliphatic heterocycles. The molecule has 1 rings (SSSR count). The Labute approximate surface area is 105 Å². The summed E-state index contributed by atoms with van der Waals surface area (Å²) in [5.74, 6) is -0.778. The summed E-state index contributed by atoms with van der Waals surface area (Å²) in [5.41, 5.74) is -1.49. The third kappa shape index (κ3) is 3.37. The quantitative estimate of drug-likeness (QED) is 0.644. The fourth-order valence-electron chi connectivity index (χ4n) is 0.824. The molecule has 16 heavy (non-hydrogen) atoms. The van der Waals surface area contributed by atoms with Gasteiger partial charge in [0.25, 0.3) is 10.8 Å². The van der Waals surface area contributed by atoms with Gasteiger partial charge in [0.05, 0.1) is 3.57 Å². The smallest absolute Gasteiger partial charge is 0.389 e. The summed E-state index contributed by atoms with van der Waals surface area (Å²) in [5, 5.41) is -1.06. The number of aromatic nitrogens is 1. The maximum absolute atomic E-state index is 11.9. The third-order valence-electron chi connectivity index (χ3n) is 1.39. The molecule has 0 aliphatic carbocycles. The zero-order valence-corrected chi connectivity index (χ0v) is 10.1. The van der Waals surface area contributed by atoms with Crippen molar-refractivity contribution in [3.63, 3.8) is 0 Å². The first-order valence-corrected chi connectivity index (χ1v) is 5.05. The highest BCUT2D eigenvalue weighted by Crippen LogP contribution is 2.24. The van der Waals surface area contributed by atoms with Gasteiger partial charge in [0.2, 0.25) is 5.88 Å². The number of hydrogen-bond acceptors (Lipinski definition) is 3. The summed E-state index contributed by atoms with van der Waals surface area (Å²) in [6.07, 6.45) is -4.92. The zero-order chi connectivity index (χ0) is 12.5. The van der Waals surface area contributed by atoms with Gasteiger partial charge in [0.1, 0.15) is 5.56 Å². The lowest BCUT2D eigenvalue weighted by Crippen LogP contribution is -2.23. The number of carbonyl (C=O) groups excluding carboxylic acids is 1. The Morgan fingerprint density at radius 2 is 2.06 bits per heavy atom. The molecule has 0 saturated heterocycles. The first-order valence-electron chi connectivity index (χ1n) is 3.59. The minimum absolute atomic E-state index is 0.0847. The molecule has 0 aromatic carbocycles. The van der Waals surface area contributed by atoms with Crippen LogP contribution in [0.3, 0.4) is 0 Å². The van der Waals surface area contributed by atoms with Crippen LogP contribution < -0.4 is 10.3 Å². The molecular formula is C7H2ClF3INO3. The fourth-order valence-corrected chi connectivity index (χ4v) is 1.52. The lowest BCUT2D eigenvalue weighted by atomic mass is 10.3. The summed E-state index contributed by atoms with van der Waals surface area (Å²) in [7, 11) is 0. The second-order valence-electron chi connectivity index (χ2n) is 2.51. The monoisotopic (exact) mass is 367 g/mol. The lowest BCUT2D eigenvalue weighted by Gasteiger charge is -2.09. The Morgan fingerprint density at radius 3 is 2.50 bits per heavy atom. The molecule has 0 unspecified atom stereocenters. The molecule has 0 atom stereocenters. The van der Waals surface area contributed by atoms with Crippen LogP contribution in [0.2, 0.25) is 0 Å². The second kappa shape index (κ2) is 4.62. The molecule has 0 aliphatic rings. The van der Waals surface area contributed by atoms with Crippen molar-refractivity contribution in [2.45, 2.75) is 6.36 Å². The molecule has 1 aromatic heterocycles. The van der Waals surface area contributed by atoms with Crippen molar-refractivity contribution >= 4 is 39.4 Å². The van der Waals surface area contributed by atoms with Gasteiger partial charge in [0, 0.05) is 0 Å². The highest BCUT2D eigenvalue weighted by molar-refractivity contribution is 14.1. The number of nitrogens with one attached hydrogen (secondary N) is 1.